The van der Waals surface area contributed by atoms with E-state index < -0.39 is 6.10 Å². The Morgan fingerprint density at radius 3 is 2.14 bits per heavy atom. The minimum Gasteiger partial charge on any atom is -0.388 e. The predicted molar refractivity (Wildman–Crippen MR) is 121 cm³/mol. The Labute approximate surface area is 179 Å². The molecule has 0 amide bonds. The molecule has 3 heteroatoms. The van der Waals surface area contributed by atoms with Gasteiger partial charge in [0.1, 0.15) is 5.78 Å². The van der Waals surface area contributed by atoms with Gasteiger partial charge in [-0.3, -0.25) is 4.79 Å². The SMILES string of the molecule is CC12CCC(C(CS[C@@H](C[C@H](O)c3ccccc3)c3ccccc3)C1=O)C2(C)C. The lowest BCUT2D eigenvalue weighted by atomic mass is 9.70. The monoisotopic (exact) mass is 408 g/mol. The first-order valence-corrected chi connectivity index (χ1v) is 11.8. The summed E-state index contributed by atoms with van der Waals surface area (Å²) in [5.74, 6) is 1.96. The van der Waals surface area contributed by atoms with E-state index in [0.717, 1.165) is 17.7 Å². The first-order valence-electron chi connectivity index (χ1n) is 10.8. The second-order valence-corrected chi connectivity index (χ2v) is 10.8. The van der Waals surface area contributed by atoms with Crippen molar-refractivity contribution in [3.05, 3.63) is 71.8 Å². The molecule has 1 N–H and O–H groups in total. The Morgan fingerprint density at radius 2 is 1.59 bits per heavy atom. The number of benzene rings is 2. The molecule has 2 aromatic carbocycles. The number of carbonyl (C=O) groups excluding carboxylic acids is 1. The number of fused-ring (bicyclic) bond motifs is 2. The highest BCUT2D eigenvalue weighted by Gasteiger charge is 2.65. The van der Waals surface area contributed by atoms with Gasteiger partial charge in [0.25, 0.3) is 0 Å². The third-order valence-electron chi connectivity index (χ3n) is 7.94. The van der Waals surface area contributed by atoms with Crippen LogP contribution in [0.4, 0.5) is 0 Å². The first-order chi connectivity index (χ1) is 13.8. The van der Waals surface area contributed by atoms with Crippen LogP contribution in [0.2, 0.25) is 0 Å². The van der Waals surface area contributed by atoms with Gasteiger partial charge < -0.3 is 5.11 Å². The molecule has 0 saturated heterocycles. The molecule has 2 aliphatic carbocycles. The normalized spacial score (nSPS) is 29.7. The molecular weight excluding hydrogens is 376 g/mol. The summed E-state index contributed by atoms with van der Waals surface area (Å²) in [6.07, 6.45) is 2.37. The Morgan fingerprint density at radius 1 is 1.00 bits per heavy atom. The van der Waals surface area contributed by atoms with Crippen LogP contribution in [0.3, 0.4) is 0 Å². The standard InChI is InChI=1S/C26H32O2S/c1-25(2)21-14-15-26(25,3)24(28)20(21)17-29-23(19-12-8-5-9-13-19)16-22(27)18-10-6-4-7-11-18/h4-13,20-23,27H,14-17H2,1-3H3/t20?,21?,22-,23-,26?/m0/s1. The summed E-state index contributed by atoms with van der Waals surface area (Å²) < 4.78 is 0. The van der Waals surface area contributed by atoms with Gasteiger partial charge in [0.05, 0.1) is 6.10 Å². The number of rotatable bonds is 7. The molecule has 29 heavy (non-hydrogen) atoms. The predicted octanol–water partition coefficient (Wildman–Crippen LogP) is 6.23. The molecular formula is C26H32O2S. The maximum Gasteiger partial charge on any atom is 0.143 e. The summed E-state index contributed by atoms with van der Waals surface area (Å²) in [6.45, 7) is 6.77. The van der Waals surface area contributed by atoms with Crippen LogP contribution in [-0.4, -0.2) is 16.6 Å². The van der Waals surface area contributed by atoms with E-state index in [-0.39, 0.29) is 22.0 Å². The van der Waals surface area contributed by atoms with Crippen molar-refractivity contribution in [3.8, 4) is 0 Å². The third-order valence-corrected chi connectivity index (χ3v) is 9.36. The van der Waals surface area contributed by atoms with Crippen molar-refractivity contribution in [2.45, 2.75) is 51.4 Å². The lowest BCUT2D eigenvalue weighted by molar-refractivity contribution is -0.131. The summed E-state index contributed by atoms with van der Waals surface area (Å²) in [6, 6.07) is 20.3. The molecule has 154 valence electrons. The van der Waals surface area contributed by atoms with Gasteiger partial charge in [0.2, 0.25) is 0 Å². The molecule has 0 aromatic heterocycles. The maximum absolute atomic E-state index is 13.2. The summed E-state index contributed by atoms with van der Waals surface area (Å²) in [4.78, 5) is 13.2. The highest BCUT2D eigenvalue weighted by Crippen LogP contribution is 2.66. The van der Waals surface area contributed by atoms with E-state index in [9.17, 15) is 9.90 Å². The third kappa shape index (κ3) is 3.57. The Kier molecular flexibility index (Phi) is 5.65. The molecule has 5 atom stereocenters. The van der Waals surface area contributed by atoms with E-state index in [1.54, 1.807) is 0 Å². The van der Waals surface area contributed by atoms with Gasteiger partial charge >= 0.3 is 0 Å². The van der Waals surface area contributed by atoms with E-state index in [2.05, 4.69) is 45.0 Å². The van der Waals surface area contributed by atoms with Gasteiger partial charge in [-0.2, -0.15) is 11.8 Å². The summed E-state index contributed by atoms with van der Waals surface area (Å²) in [5.41, 5.74) is 2.13. The lowest BCUT2D eigenvalue weighted by Crippen LogP contribution is -2.33. The van der Waals surface area contributed by atoms with Gasteiger partial charge in [-0.1, -0.05) is 81.4 Å². The number of aliphatic hydroxyl groups is 1. The molecule has 2 nitrogen and oxygen atoms in total. The van der Waals surface area contributed by atoms with Gasteiger partial charge in [0, 0.05) is 22.3 Å². The van der Waals surface area contributed by atoms with Gasteiger partial charge in [-0.15, -0.1) is 0 Å². The average molecular weight is 409 g/mol. The van der Waals surface area contributed by atoms with E-state index in [4.69, 9.17) is 0 Å². The van der Waals surface area contributed by atoms with E-state index >= 15 is 0 Å². The zero-order valence-corrected chi connectivity index (χ0v) is 18.5. The minimum absolute atomic E-state index is 0.0983. The van der Waals surface area contributed by atoms with Gasteiger partial charge in [-0.25, -0.2) is 0 Å². The van der Waals surface area contributed by atoms with Crippen LogP contribution in [0.15, 0.2) is 60.7 Å². The number of Topliss-reactive ketones (excluding diaryl/α,β-unsaturated/α-hetero) is 1. The molecule has 2 fully saturated rings. The fourth-order valence-electron chi connectivity index (χ4n) is 5.67. The van der Waals surface area contributed by atoms with Crippen molar-refractivity contribution in [2.24, 2.45) is 22.7 Å². The van der Waals surface area contributed by atoms with Crippen molar-refractivity contribution in [1.29, 1.82) is 0 Å². The fraction of sp³-hybridized carbons (Fsp3) is 0.500. The lowest BCUT2D eigenvalue weighted by Gasteiger charge is -2.32. The molecule has 2 bridgehead atoms. The minimum atomic E-state index is -0.501. The average Bonchev–Trinajstić information content (AvgIpc) is 3.05. The number of thioether (sulfide) groups is 1. The number of ketones is 1. The second kappa shape index (κ2) is 7.92. The van der Waals surface area contributed by atoms with Gasteiger partial charge in [-0.05, 0) is 41.7 Å². The Balaban J connectivity index is 1.50. The Hall–Kier alpha value is -1.58. The smallest absolute Gasteiger partial charge is 0.143 e. The van der Waals surface area contributed by atoms with Crippen LogP contribution in [0, 0.1) is 22.7 Å². The maximum atomic E-state index is 13.2. The van der Waals surface area contributed by atoms with Gasteiger partial charge in [0.15, 0.2) is 0 Å². The quantitative estimate of drug-likeness (QED) is 0.590. The number of aliphatic hydroxyl groups excluding tert-OH is 1. The van der Waals surface area contributed by atoms with E-state index in [0.29, 0.717) is 18.1 Å². The second-order valence-electron chi connectivity index (χ2n) is 9.56. The number of hydrogen-bond acceptors (Lipinski definition) is 3. The largest absolute Gasteiger partial charge is 0.388 e. The van der Waals surface area contributed by atoms with Crippen LogP contribution in [0.25, 0.3) is 0 Å². The fourth-order valence-corrected chi connectivity index (χ4v) is 7.16. The molecule has 2 aromatic rings. The highest BCUT2D eigenvalue weighted by molar-refractivity contribution is 7.99. The van der Waals surface area contributed by atoms with E-state index in [1.165, 1.54) is 12.0 Å². The number of hydrogen-bond donors (Lipinski definition) is 1. The molecule has 0 spiro atoms. The highest BCUT2D eigenvalue weighted by atomic mass is 32.2. The molecule has 0 aliphatic heterocycles. The zero-order chi connectivity index (χ0) is 20.6. The molecule has 0 radical (unpaired) electrons. The molecule has 2 aliphatic rings. The molecule has 0 heterocycles. The van der Waals surface area contributed by atoms with Crippen molar-refractivity contribution in [2.75, 3.05) is 5.75 Å². The molecule has 4 rings (SSSR count). The summed E-state index contributed by atoms with van der Waals surface area (Å²) in [5, 5.41) is 11.0. The van der Waals surface area contributed by atoms with Crippen LogP contribution in [-0.2, 0) is 4.79 Å². The van der Waals surface area contributed by atoms with Crippen LogP contribution in [0.1, 0.15) is 62.5 Å². The summed E-state index contributed by atoms with van der Waals surface area (Å²) in [7, 11) is 0. The van der Waals surface area contributed by atoms with Crippen LogP contribution < -0.4 is 0 Å². The van der Waals surface area contributed by atoms with Crippen LogP contribution in [0.5, 0.6) is 0 Å². The first kappa shape index (κ1) is 20.7. The van der Waals surface area contributed by atoms with Crippen molar-refractivity contribution in [1.82, 2.24) is 0 Å². The topological polar surface area (TPSA) is 37.3 Å². The summed E-state index contributed by atoms with van der Waals surface area (Å²) >= 11 is 1.86. The molecule has 2 saturated carbocycles. The number of carbonyl (C=O) groups is 1. The van der Waals surface area contributed by atoms with Crippen molar-refractivity contribution < 1.29 is 9.90 Å². The zero-order valence-electron chi connectivity index (χ0n) is 17.7. The van der Waals surface area contributed by atoms with E-state index in [1.807, 2.05) is 48.2 Å². The molecule has 3 unspecified atom stereocenters. The van der Waals surface area contributed by atoms with Crippen molar-refractivity contribution in [3.63, 3.8) is 0 Å². The van der Waals surface area contributed by atoms with Crippen molar-refractivity contribution >= 4 is 17.5 Å². The van der Waals surface area contributed by atoms with Crippen LogP contribution >= 0.6 is 11.8 Å². The Bertz CT molecular complexity index is 848.